The molecule has 0 amide bonds. The van der Waals surface area contributed by atoms with E-state index >= 15 is 8.78 Å². The number of rotatable bonds is 12. The lowest BCUT2D eigenvalue weighted by atomic mass is 9.88. The smallest absolute Gasteiger partial charge is 0.490 e. The van der Waals surface area contributed by atoms with Crippen molar-refractivity contribution < 1.29 is 50.2 Å². The van der Waals surface area contributed by atoms with Crippen LogP contribution in [0.5, 0.6) is 5.75 Å². The summed E-state index contributed by atoms with van der Waals surface area (Å²) in [5, 5.41) is 3.08. The van der Waals surface area contributed by atoms with Crippen molar-refractivity contribution in [3.05, 3.63) is 87.5 Å². The highest BCUT2D eigenvalue weighted by atomic mass is 19.4. The van der Waals surface area contributed by atoms with E-state index in [1.807, 2.05) is 6.92 Å². The number of nitrogens with one attached hydrogen (secondary N) is 1. The molecule has 3 N–H and O–H groups in total. The third kappa shape index (κ3) is 9.41. The monoisotopic (exact) mass is 735 g/mol. The maximum atomic E-state index is 15.5. The Kier molecular flexibility index (Phi) is 12.1. The first kappa shape index (κ1) is 38.6. The number of carbonyl (C=O) groups is 3. The van der Waals surface area contributed by atoms with E-state index in [4.69, 9.17) is 10.5 Å². The van der Waals surface area contributed by atoms with E-state index in [1.165, 1.54) is 12.1 Å². The molecule has 52 heavy (non-hydrogen) atoms. The largest absolute Gasteiger partial charge is 0.491 e. The molecule has 2 atom stereocenters. The Labute approximate surface area is 295 Å². The van der Waals surface area contributed by atoms with Crippen molar-refractivity contribution in [2.75, 3.05) is 5.73 Å². The van der Waals surface area contributed by atoms with Crippen LogP contribution in [0.1, 0.15) is 87.1 Å². The van der Waals surface area contributed by atoms with Gasteiger partial charge >= 0.3 is 18.1 Å². The summed E-state index contributed by atoms with van der Waals surface area (Å²) in [5.74, 6) is -7.83. The Morgan fingerprint density at radius 3 is 2.13 bits per heavy atom. The van der Waals surface area contributed by atoms with E-state index in [0.717, 1.165) is 68.5 Å². The Balaban J connectivity index is 1.24. The van der Waals surface area contributed by atoms with Gasteiger partial charge in [-0.1, -0.05) is 32.6 Å². The Morgan fingerprint density at radius 2 is 1.54 bits per heavy atom. The molecule has 2 fully saturated rings. The average molecular weight is 736 g/mol. The SMILES string of the molecule is CC(CC1CCCC1)CC(NC1CCC(Oc2cc(F)c(-n3c(N)c(C(=O)c4ccc(F)cc4)ccc3=O)c(F)c2)CC1)C(=O)OC(=O)C(F)(F)F. The molecule has 5 rings (SSSR count). The summed E-state index contributed by atoms with van der Waals surface area (Å²) in [6.07, 6.45) is 0.952. The topological polar surface area (TPSA) is 130 Å². The molecule has 1 aromatic heterocycles. The summed E-state index contributed by atoms with van der Waals surface area (Å²) < 4.78 is 93.4. The van der Waals surface area contributed by atoms with Crippen LogP contribution in [0, 0.1) is 29.3 Å². The van der Waals surface area contributed by atoms with Crippen LogP contribution >= 0.6 is 0 Å². The lowest BCUT2D eigenvalue weighted by Gasteiger charge is -2.32. The number of nitrogens with two attached hydrogens (primary N) is 1. The molecule has 0 saturated heterocycles. The summed E-state index contributed by atoms with van der Waals surface area (Å²) in [4.78, 5) is 49.9. The van der Waals surface area contributed by atoms with E-state index in [1.54, 1.807) is 0 Å². The number of pyridine rings is 1. The zero-order valence-electron chi connectivity index (χ0n) is 28.3. The van der Waals surface area contributed by atoms with Gasteiger partial charge in [0.25, 0.3) is 5.56 Å². The maximum absolute atomic E-state index is 15.5. The number of ether oxygens (including phenoxy) is 2. The molecular formula is C37H39F6N3O6. The third-order valence-electron chi connectivity index (χ3n) is 9.67. The van der Waals surface area contributed by atoms with Crippen LogP contribution in [0.25, 0.3) is 5.69 Å². The second-order valence-electron chi connectivity index (χ2n) is 13.6. The number of carbonyl (C=O) groups excluding carboxylic acids is 3. The number of hydrogen-bond acceptors (Lipinski definition) is 8. The highest BCUT2D eigenvalue weighted by Gasteiger charge is 2.44. The number of alkyl halides is 3. The van der Waals surface area contributed by atoms with Crippen molar-refractivity contribution in [3.63, 3.8) is 0 Å². The summed E-state index contributed by atoms with van der Waals surface area (Å²) >= 11 is 0. The van der Waals surface area contributed by atoms with E-state index in [-0.39, 0.29) is 35.3 Å². The van der Waals surface area contributed by atoms with Gasteiger partial charge in [-0.25, -0.2) is 22.8 Å². The van der Waals surface area contributed by atoms with Gasteiger partial charge in [-0.3, -0.25) is 14.2 Å². The van der Waals surface area contributed by atoms with Crippen LogP contribution in [0.3, 0.4) is 0 Å². The van der Waals surface area contributed by atoms with E-state index in [9.17, 15) is 36.7 Å². The minimum Gasteiger partial charge on any atom is -0.490 e. The van der Waals surface area contributed by atoms with Crippen molar-refractivity contribution in [2.45, 2.75) is 95.5 Å². The average Bonchev–Trinajstić information content (AvgIpc) is 3.59. The minimum absolute atomic E-state index is 0.0226. The Hall–Kier alpha value is -4.66. The molecule has 2 unspecified atom stereocenters. The van der Waals surface area contributed by atoms with Gasteiger partial charge in [0.15, 0.2) is 17.4 Å². The molecule has 15 heteroatoms. The number of halogens is 6. The van der Waals surface area contributed by atoms with Crippen molar-refractivity contribution in [1.29, 1.82) is 0 Å². The summed E-state index contributed by atoms with van der Waals surface area (Å²) in [6.45, 7) is 1.91. The zero-order valence-corrected chi connectivity index (χ0v) is 28.3. The van der Waals surface area contributed by atoms with Gasteiger partial charge < -0.3 is 20.5 Å². The predicted molar refractivity (Wildman–Crippen MR) is 177 cm³/mol. The molecule has 3 aromatic rings. The normalized spacial score (nSPS) is 19.2. The highest BCUT2D eigenvalue weighted by molar-refractivity contribution is 6.11. The zero-order chi connectivity index (χ0) is 37.7. The molecule has 2 aliphatic carbocycles. The number of anilines is 1. The van der Waals surface area contributed by atoms with Crippen LogP contribution in [0.15, 0.2) is 53.3 Å². The molecular weight excluding hydrogens is 696 g/mol. The molecule has 0 radical (unpaired) electrons. The molecule has 0 spiro atoms. The first-order valence-corrected chi connectivity index (χ1v) is 17.2. The first-order valence-electron chi connectivity index (χ1n) is 17.2. The van der Waals surface area contributed by atoms with Crippen LogP contribution in [0.4, 0.5) is 32.2 Å². The number of esters is 2. The quantitative estimate of drug-likeness (QED) is 0.0885. The van der Waals surface area contributed by atoms with Crippen LogP contribution in [0.2, 0.25) is 0 Å². The molecule has 1 heterocycles. The van der Waals surface area contributed by atoms with Gasteiger partial charge in [0.2, 0.25) is 0 Å². The Bertz CT molecular complexity index is 1810. The number of aromatic nitrogens is 1. The van der Waals surface area contributed by atoms with Crippen LogP contribution in [-0.2, 0) is 14.3 Å². The van der Waals surface area contributed by atoms with Crippen LogP contribution < -0.4 is 21.3 Å². The second-order valence-corrected chi connectivity index (χ2v) is 13.6. The predicted octanol–water partition coefficient (Wildman–Crippen LogP) is 6.95. The van der Waals surface area contributed by atoms with Gasteiger partial charge in [0.1, 0.15) is 29.1 Å². The molecule has 280 valence electrons. The van der Waals surface area contributed by atoms with Crippen molar-refractivity contribution in [1.82, 2.24) is 9.88 Å². The van der Waals surface area contributed by atoms with E-state index < -0.39 is 70.6 Å². The van der Waals surface area contributed by atoms with Crippen molar-refractivity contribution in [2.24, 2.45) is 11.8 Å². The van der Waals surface area contributed by atoms with Crippen molar-refractivity contribution >= 4 is 23.5 Å². The number of nitrogen functional groups attached to an aromatic ring is 1. The highest BCUT2D eigenvalue weighted by Crippen LogP contribution is 2.33. The number of hydrogen-bond donors (Lipinski definition) is 2. The number of nitrogens with zero attached hydrogens (tertiary/aromatic N) is 1. The fourth-order valence-corrected chi connectivity index (χ4v) is 7.15. The minimum atomic E-state index is -5.32. The van der Waals surface area contributed by atoms with Gasteiger partial charge in [0.05, 0.1) is 11.7 Å². The molecule has 0 bridgehead atoms. The fourth-order valence-electron chi connectivity index (χ4n) is 7.15. The number of ketones is 1. The third-order valence-corrected chi connectivity index (χ3v) is 9.67. The lowest BCUT2D eigenvalue weighted by Crippen LogP contribution is -2.48. The number of benzene rings is 2. The molecule has 2 aliphatic rings. The standard InChI is InChI=1S/C37H39F6N3O6/c1-20(16-21-4-2-3-5-21)17-30(35(49)52-36(50)37(41,42)43)45-24-10-12-25(13-11-24)51-26-18-28(39)32(29(40)19-26)46-31(47)15-14-27(34(46)44)33(48)22-6-8-23(38)9-7-22/h6-9,14-15,18-21,24-25,30,45H,2-5,10-13,16-17,44H2,1H3. The molecule has 0 aliphatic heterocycles. The summed E-state index contributed by atoms with van der Waals surface area (Å²) in [6, 6.07) is 6.81. The lowest BCUT2D eigenvalue weighted by molar-refractivity contribution is -0.202. The maximum Gasteiger partial charge on any atom is 0.491 e. The van der Waals surface area contributed by atoms with Gasteiger partial charge in [-0.05, 0) is 80.7 Å². The fraction of sp³-hybridized carbons (Fsp3) is 0.459. The van der Waals surface area contributed by atoms with Crippen LogP contribution in [-0.4, -0.2) is 46.7 Å². The van der Waals surface area contributed by atoms with Gasteiger partial charge in [-0.2, -0.15) is 13.2 Å². The Morgan fingerprint density at radius 1 is 0.923 bits per heavy atom. The molecule has 2 saturated carbocycles. The van der Waals surface area contributed by atoms with Crippen molar-refractivity contribution in [3.8, 4) is 11.4 Å². The summed E-state index contributed by atoms with van der Waals surface area (Å²) in [7, 11) is 0. The summed E-state index contributed by atoms with van der Waals surface area (Å²) in [5.41, 5.74) is 4.14. The first-order chi connectivity index (χ1) is 24.6. The van der Waals surface area contributed by atoms with E-state index in [2.05, 4.69) is 10.1 Å². The van der Waals surface area contributed by atoms with Gasteiger partial charge in [-0.15, -0.1) is 0 Å². The molecule has 2 aromatic carbocycles. The van der Waals surface area contributed by atoms with E-state index in [0.29, 0.717) is 36.2 Å². The van der Waals surface area contributed by atoms with Gasteiger partial charge in [0, 0.05) is 29.8 Å². The molecule has 9 nitrogen and oxygen atoms in total. The second kappa shape index (κ2) is 16.3.